The van der Waals surface area contributed by atoms with E-state index in [0.717, 1.165) is 17.4 Å². The summed E-state index contributed by atoms with van der Waals surface area (Å²) in [4.78, 5) is 28.0. The predicted octanol–water partition coefficient (Wildman–Crippen LogP) is 3.12. The number of rotatable bonds is 4. The number of thiazole rings is 1. The van der Waals surface area contributed by atoms with E-state index >= 15 is 0 Å². The zero-order valence-electron chi connectivity index (χ0n) is 13.1. The second-order valence-corrected chi connectivity index (χ2v) is 7.14. The van der Waals surface area contributed by atoms with Gasteiger partial charge in [-0.3, -0.25) is 15.4 Å². The molecule has 3 aromatic rings. The number of carbonyl (C=O) groups excluding carboxylic acids is 2. The molecule has 10 heteroatoms. The van der Waals surface area contributed by atoms with E-state index < -0.39 is 28.8 Å². The van der Waals surface area contributed by atoms with Crippen LogP contribution in [-0.2, 0) is 16.8 Å². The first-order valence-corrected chi connectivity index (χ1v) is 9.35. The van der Waals surface area contributed by atoms with Crippen molar-refractivity contribution in [1.29, 1.82) is 0 Å². The van der Waals surface area contributed by atoms with Crippen LogP contribution in [0, 0.1) is 5.82 Å². The van der Waals surface area contributed by atoms with Gasteiger partial charge < -0.3 is 4.55 Å². The van der Waals surface area contributed by atoms with Crippen LogP contribution in [0.25, 0.3) is 10.2 Å². The van der Waals surface area contributed by atoms with Gasteiger partial charge in [0.1, 0.15) is 5.82 Å². The third-order valence-corrected chi connectivity index (χ3v) is 4.82. The van der Waals surface area contributed by atoms with Gasteiger partial charge in [0, 0.05) is 0 Å². The van der Waals surface area contributed by atoms with Crippen molar-refractivity contribution in [2.45, 2.75) is 5.75 Å². The van der Waals surface area contributed by atoms with Gasteiger partial charge in [0.25, 0.3) is 5.91 Å². The van der Waals surface area contributed by atoms with E-state index in [4.69, 9.17) is 4.55 Å². The maximum Gasteiger partial charge on any atom is 0.327 e. The van der Waals surface area contributed by atoms with Gasteiger partial charge in [-0.25, -0.2) is 18.4 Å². The Bertz CT molecular complexity index is 1020. The van der Waals surface area contributed by atoms with Crippen LogP contribution in [0.4, 0.5) is 14.3 Å². The first-order valence-electron chi connectivity index (χ1n) is 7.26. The molecule has 7 nitrogen and oxygen atoms in total. The van der Waals surface area contributed by atoms with Crippen molar-refractivity contribution in [2.24, 2.45) is 0 Å². The first kappa shape index (κ1) is 18.1. The Morgan fingerprint density at radius 1 is 1.23 bits per heavy atom. The third-order valence-electron chi connectivity index (χ3n) is 3.31. The number of aromatic nitrogens is 1. The summed E-state index contributed by atoms with van der Waals surface area (Å²) in [5.74, 6) is -1.60. The lowest BCUT2D eigenvalue weighted by atomic mass is 10.2. The number of urea groups is 1. The maximum atomic E-state index is 13.5. The fraction of sp³-hybridized carbons (Fsp3) is 0.0625. The molecule has 1 atom stereocenters. The molecule has 0 bridgehead atoms. The van der Waals surface area contributed by atoms with Crippen molar-refractivity contribution in [1.82, 2.24) is 10.3 Å². The Morgan fingerprint density at radius 3 is 2.73 bits per heavy atom. The molecule has 0 spiro atoms. The van der Waals surface area contributed by atoms with Crippen LogP contribution in [-0.4, -0.2) is 25.7 Å². The minimum atomic E-state index is -1.95. The molecule has 0 saturated heterocycles. The highest BCUT2D eigenvalue weighted by Crippen LogP contribution is 2.27. The number of fused-ring (bicyclic) bond motifs is 1. The first-order chi connectivity index (χ1) is 12.4. The molecular formula is C16H12FN3O4S2. The average molecular weight is 393 g/mol. The minimum absolute atomic E-state index is 0.00572. The van der Waals surface area contributed by atoms with Gasteiger partial charge >= 0.3 is 6.03 Å². The molecule has 0 aliphatic carbocycles. The fourth-order valence-corrected chi connectivity index (χ4v) is 3.59. The highest BCUT2D eigenvalue weighted by atomic mass is 32.2. The molecule has 0 saturated carbocycles. The van der Waals surface area contributed by atoms with Crippen molar-refractivity contribution in [3.8, 4) is 0 Å². The van der Waals surface area contributed by atoms with Gasteiger partial charge in [-0.1, -0.05) is 29.5 Å². The van der Waals surface area contributed by atoms with E-state index in [-0.39, 0.29) is 16.4 Å². The summed E-state index contributed by atoms with van der Waals surface area (Å²) in [7, 11) is 0. The lowest BCUT2D eigenvalue weighted by Gasteiger charge is -2.04. The van der Waals surface area contributed by atoms with Gasteiger partial charge in [0.05, 0.1) is 21.5 Å². The summed E-state index contributed by atoms with van der Waals surface area (Å²) >= 11 is -0.808. The van der Waals surface area contributed by atoms with Crippen LogP contribution in [0.3, 0.4) is 0 Å². The van der Waals surface area contributed by atoms with Crippen molar-refractivity contribution < 1.29 is 22.7 Å². The summed E-state index contributed by atoms with van der Waals surface area (Å²) in [6.07, 6.45) is 0. The predicted molar refractivity (Wildman–Crippen MR) is 97.0 cm³/mol. The number of anilines is 1. The Morgan fingerprint density at radius 2 is 2.00 bits per heavy atom. The van der Waals surface area contributed by atoms with Gasteiger partial charge in [-0.2, -0.15) is 0 Å². The molecule has 26 heavy (non-hydrogen) atoms. The lowest BCUT2D eigenvalue weighted by molar-refractivity contribution is 0.0963. The van der Waals surface area contributed by atoms with Gasteiger partial charge in [-0.15, -0.1) is 0 Å². The average Bonchev–Trinajstić information content (AvgIpc) is 2.95. The van der Waals surface area contributed by atoms with Crippen LogP contribution < -0.4 is 10.6 Å². The number of amides is 3. The summed E-state index contributed by atoms with van der Waals surface area (Å²) < 4.78 is 34.1. The van der Waals surface area contributed by atoms with Crippen LogP contribution in [0.2, 0.25) is 0 Å². The molecule has 1 aromatic heterocycles. The summed E-state index contributed by atoms with van der Waals surface area (Å²) in [5, 5.41) is 4.69. The molecule has 1 unspecified atom stereocenters. The third kappa shape index (κ3) is 4.28. The number of hydrogen-bond acceptors (Lipinski definition) is 5. The number of nitrogens with one attached hydrogen (secondary N) is 2. The van der Waals surface area contributed by atoms with E-state index in [1.165, 1.54) is 18.2 Å². The van der Waals surface area contributed by atoms with Crippen LogP contribution >= 0.6 is 11.3 Å². The number of hydrogen-bond donors (Lipinski definition) is 3. The van der Waals surface area contributed by atoms with Crippen LogP contribution in [0.1, 0.15) is 15.9 Å². The second-order valence-electron chi connectivity index (χ2n) is 5.18. The van der Waals surface area contributed by atoms with Crippen LogP contribution in [0.5, 0.6) is 0 Å². The Hall–Kier alpha value is -2.69. The largest absolute Gasteiger partial charge is 0.327 e. The topological polar surface area (TPSA) is 108 Å². The van der Waals surface area contributed by atoms with E-state index in [1.807, 2.05) is 5.32 Å². The van der Waals surface area contributed by atoms with E-state index in [2.05, 4.69) is 10.3 Å². The zero-order valence-corrected chi connectivity index (χ0v) is 14.7. The van der Waals surface area contributed by atoms with Crippen molar-refractivity contribution in [2.75, 3.05) is 5.32 Å². The monoisotopic (exact) mass is 393 g/mol. The molecule has 0 aliphatic heterocycles. The molecular weight excluding hydrogens is 381 g/mol. The zero-order chi connectivity index (χ0) is 18.7. The number of benzene rings is 2. The highest BCUT2D eigenvalue weighted by molar-refractivity contribution is 7.78. The number of carbonyl (C=O) groups is 2. The molecule has 2 aromatic carbocycles. The van der Waals surface area contributed by atoms with E-state index in [1.54, 1.807) is 18.2 Å². The molecule has 0 radical (unpaired) electrons. The molecule has 1 heterocycles. The van der Waals surface area contributed by atoms with Crippen molar-refractivity contribution >= 4 is 49.7 Å². The number of nitrogens with zero attached hydrogens (tertiary/aromatic N) is 1. The molecule has 134 valence electrons. The molecule has 3 amide bonds. The Kier molecular flexibility index (Phi) is 5.35. The van der Waals surface area contributed by atoms with E-state index in [0.29, 0.717) is 15.8 Å². The molecule has 0 fully saturated rings. The highest BCUT2D eigenvalue weighted by Gasteiger charge is 2.15. The summed E-state index contributed by atoms with van der Waals surface area (Å²) in [5.41, 5.74) is 1.01. The number of imide groups is 1. The molecule has 3 rings (SSSR count). The van der Waals surface area contributed by atoms with E-state index in [9.17, 15) is 18.2 Å². The van der Waals surface area contributed by atoms with Crippen molar-refractivity contribution in [3.63, 3.8) is 0 Å². The molecule has 0 aliphatic rings. The normalized spacial score (nSPS) is 11.9. The standard InChI is InChI=1S/C16H12FN3O4S2/c17-11-4-2-1-3-10(11)14(21)19-15(22)20-16-18-12-6-5-9(8-26(23)24)7-13(12)25-16/h1-7H,8H2,(H,23,24)(H2,18,19,20,21,22). The smallest absolute Gasteiger partial charge is 0.306 e. The van der Waals surface area contributed by atoms with Crippen molar-refractivity contribution in [3.05, 3.63) is 59.4 Å². The molecule has 3 N–H and O–H groups in total. The number of halogens is 1. The van der Waals surface area contributed by atoms with Gasteiger partial charge in [-0.05, 0) is 29.8 Å². The maximum absolute atomic E-state index is 13.5. The fourth-order valence-electron chi connectivity index (χ4n) is 2.20. The quantitative estimate of drug-likeness (QED) is 0.590. The minimum Gasteiger partial charge on any atom is -0.306 e. The van der Waals surface area contributed by atoms with Gasteiger partial charge in [0.15, 0.2) is 16.2 Å². The van der Waals surface area contributed by atoms with Gasteiger partial charge in [0.2, 0.25) is 0 Å². The Balaban J connectivity index is 1.70. The summed E-state index contributed by atoms with van der Waals surface area (Å²) in [6, 6.07) is 9.51. The SMILES string of the molecule is O=C(NC(=O)c1ccccc1F)Nc1nc2ccc(CS(=O)O)cc2s1. The van der Waals surface area contributed by atoms with Crippen LogP contribution in [0.15, 0.2) is 42.5 Å². The summed E-state index contributed by atoms with van der Waals surface area (Å²) in [6.45, 7) is 0. The lowest BCUT2D eigenvalue weighted by Crippen LogP contribution is -2.34. The Labute approximate surface area is 153 Å². The second kappa shape index (κ2) is 7.68.